The second kappa shape index (κ2) is 6.24. The molecule has 0 atom stereocenters. The standard InChI is InChI=1S/C13H24N2O2/c1-17-13(16)15-10-8-14(9-11-15)12-6-4-2-3-5-7-12/h12H,2-11H2,1H3. The van der Waals surface area contributed by atoms with Gasteiger partial charge in [0.15, 0.2) is 0 Å². The van der Waals surface area contributed by atoms with Crippen LogP contribution in [0.4, 0.5) is 4.79 Å². The predicted molar refractivity (Wildman–Crippen MR) is 67.0 cm³/mol. The van der Waals surface area contributed by atoms with Crippen molar-refractivity contribution in [1.82, 2.24) is 9.80 Å². The third kappa shape index (κ3) is 3.35. The smallest absolute Gasteiger partial charge is 0.409 e. The van der Waals surface area contributed by atoms with Crippen LogP contribution in [0, 0.1) is 0 Å². The monoisotopic (exact) mass is 240 g/mol. The van der Waals surface area contributed by atoms with E-state index >= 15 is 0 Å². The lowest BCUT2D eigenvalue weighted by molar-refractivity contribution is 0.0709. The predicted octanol–water partition coefficient (Wildman–Crippen LogP) is 2.09. The lowest BCUT2D eigenvalue weighted by atomic mass is 10.1. The summed E-state index contributed by atoms with van der Waals surface area (Å²) in [4.78, 5) is 15.8. The van der Waals surface area contributed by atoms with Gasteiger partial charge in [-0.25, -0.2) is 4.79 Å². The van der Waals surface area contributed by atoms with Gasteiger partial charge in [-0.1, -0.05) is 25.7 Å². The van der Waals surface area contributed by atoms with Crippen molar-refractivity contribution in [2.24, 2.45) is 0 Å². The molecule has 1 heterocycles. The topological polar surface area (TPSA) is 32.8 Å². The quantitative estimate of drug-likeness (QED) is 0.658. The molecule has 2 fully saturated rings. The highest BCUT2D eigenvalue weighted by molar-refractivity contribution is 5.67. The number of nitrogens with zero attached hydrogens (tertiary/aromatic N) is 2. The summed E-state index contributed by atoms with van der Waals surface area (Å²) in [6, 6.07) is 0.761. The van der Waals surface area contributed by atoms with Crippen LogP contribution >= 0.6 is 0 Å². The Balaban J connectivity index is 1.79. The second-order valence-corrected chi connectivity index (χ2v) is 5.14. The van der Waals surface area contributed by atoms with E-state index in [0.29, 0.717) is 0 Å². The molecule has 2 aliphatic rings. The molecule has 1 amide bonds. The van der Waals surface area contributed by atoms with Crippen LogP contribution in [-0.2, 0) is 4.74 Å². The largest absolute Gasteiger partial charge is 0.453 e. The summed E-state index contributed by atoms with van der Waals surface area (Å²) in [5, 5.41) is 0. The molecule has 98 valence electrons. The molecule has 4 nitrogen and oxygen atoms in total. The summed E-state index contributed by atoms with van der Waals surface area (Å²) in [6.07, 6.45) is 8.07. The summed E-state index contributed by atoms with van der Waals surface area (Å²) < 4.78 is 4.76. The van der Waals surface area contributed by atoms with Gasteiger partial charge in [0.25, 0.3) is 0 Å². The average Bonchev–Trinajstić information content (AvgIpc) is 2.67. The first-order valence-electron chi connectivity index (χ1n) is 6.88. The molecule has 1 aliphatic carbocycles. The number of carbonyl (C=O) groups is 1. The fourth-order valence-corrected chi connectivity index (χ4v) is 3.02. The molecule has 0 aromatic heterocycles. The van der Waals surface area contributed by atoms with E-state index in [9.17, 15) is 4.79 Å². The van der Waals surface area contributed by atoms with E-state index in [1.54, 1.807) is 0 Å². The molecule has 0 aromatic rings. The molecule has 1 saturated heterocycles. The molecular formula is C13H24N2O2. The summed E-state index contributed by atoms with van der Waals surface area (Å²) in [5.74, 6) is 0. The molecule has 0 radical (unpaired) electrons. The Bertz CT molecular complexity index is 242. The minimum Gasteiger partial charge on any atom is -0.453 e. The second-order valence-electron chi connectivity index (χ2n) is 5.14. The maximum atomic E-state index is 11.4. The Hall–Kier alpha value is -0.770. The summed E-state index contributed by atoms with van der Waals surface area (Å²) in [5.41, 5.74) is 0. The zero-order valence-corrected chi connectivity index (χ0v) is 10.9. The van der Waals surface area contributed by atoms with E-state index < -0.39 is 0 Å². The number of carbonyl (C=O) groups excluding carboxylic acids is 1. The minimum atomic E-state index is -0.175. The van der Waals surface area contributed by atoms with Gasteiger partial charge in [-0.3, -0.25) is 4.90 Å². The summed E-state index contributed by atoms with van der Waals surface area (Å²) >= 11 is 0. The van der Waals surface area contributed by atoms with Crippen LogP contribution in [0.5, 0.6) is 0 Å². The van der Waals surface area contributed by atoms with Crippen LogP contribution in [0.3, 0.4) is 0 Å². The van der Waals surface area contributed by atoms with E-state index in [-0.39, 0.29) is 6.09 Å². The van der Waals surface area contributed by atoms with Crippen molar-refractivity contribution >= 4 is 6.09 Å². The average molecular weight is 240 g/mol. The van der Waals surface area contributed by atoms with E-state index in [1.165, 1.54) is 45.6 Å². The molecule has 0 N–H and O–H groups in total. The Morgan fingerprint density at radius 3 is 2.12 bits per heavy atom. The molecule has 1 saturated carbocycles. The van der Waals surface area contributed by atoms with Crippen molar-refractivity contribution in [3.8, 4) is 0 Å². The molecule has 17 heavy (non-hydrogen) atoms. The van der Waals surface area contributed by atoms with Gasteiger partial charge in [0.1, 0.15) is 0 Å². The Morgan fingerprint density at radius 1 is 1.00 bits per heavy atom. The van der Waals surface area contributed by atoms with Gasteiger partial charge in [0.2, 0.25) is 0 Å². The van der Waals surface area contributed by atoms with Gasteiger partial charge < -0.3 is 9.64 Å². The van der Waals surface area contributed by atoms with Gasteiger partial charge in [-0.15, -0.1) is 0 Å². The first-order chi connectivity index (χ1) is 8.31. The lowest BCUT2D eigenvalue weighted by Gasteiger charge is -2.38. The number of rotatable bonds is 1. The number of hydrogen-bond acceptors (Lipinski definition) is 3. The van der Waals surface area contributed by atoms with Crippen molar-refractivity contribution in [2.45, 2.75) is 44.6 Å². The molecule has 0 spiro atoms. The SMILES string of the molecule is COC(=O)N1CCN(C2CCCCCC2)CC1. The molecular weight excluding hydrogens is 216 g/mol. The fraction of sp³-hybridized carbons (Fsp3) is 0.923. The van der Waals surface area contributed by atoms with Crippen LogP contribution in [0.1, 0.15) is 38.5 Å². The highest BCUT2D eigenvalue weighted by atomic mass is 16.5. The molecule has 4 heteroatoms. The van der Waals surface area contributed by atoms with Gasteiger partial charge >= 0.3 is 6.09 Å². The third-order valence-corrected chi connectivity index (χ3v) is 4.09. The van der Waals surface area contributed by atoms with Gasteiger partial charge in [-0.2, -0.15) is 0 Å². The van der Waals surface area contributed by atoms with Crippen LogP contribution in [0.15, 0.2) is 0 Å². The molecule has 0 bridgehead atoms. The Labute approximate surface area is 104 Å². The Morgan fingerprint density at radius 2 is 1.59 bits per heavy atom. The van der Waals surface area contributed by atoms with E-state index in [1.807, 2.05) is 4.90 Å². The van der Waals surface area contributed by atoms with E-state index in [2.05, 4.69) is 4.90 Å². The lowest BCUT2D eigenvalue weighted by Crippen LogP contribution is -2.51. The number of ether oxygens (including phenoxy) is 1. The van der Waals surface area contributed by atoms with Gasteiger partial charge in [0, 0.05) is 32.2 Å². The summed E-state index contributed by atoms with van der Waals surface area (Å²) in [7, 11) is 1.46. The van der Waals surface area contributed by atoms with Crippen LogP contribution in [-0.4, -0.2) is 55.2 Å². The Kier molecular flexibility index (Phi) is 4.66. The molecule has 1 aliphatic heterocycles. The summed E-state index contributed by atoms with van der Waals surface area (Å²) in [6.45, 7) is 3.67. The van der Waals surface area contributed by atoms with Crippen molar-refractivity contribution in [2.75, 3.05) is 33.3 Å². The maximum absolute atomic E-state index is 11.4. The highest BCUT2D eigenvalue weighted by Crippen LogP contribution is 2.22. The van der Waals surface area contributed by atoms with Crippen molar-refractivity contribution in [3.05, 3.63) is 0 Å². The van der Waals surface area contributed by atoms with Crippen molar-refractivity contribution in [3.63, 3.8) is 0 Å². The normalized spacial score (nSPS) is 24.4. The zero-order chi connectivity index (χ0) is 12.1. The molecule has 2 rings (SSSR count). The number of amides is 1. The molecule has 0 unspecified atom stereocenters. The number of methoxy groups -OCH3 is 1. The maximum Gasteiger partial charge on any atom is 0.409 e. The van der Waals surface area contributed by atoms with E-state index in [0.717, 1.165) is 32.2 Å². The fourth-order valence-electron chi connectivity index (χ4n) is 3.02. The first kappa shape index (κ1) is 12.7. The highest BCUT2D eigenvalue weighted by Gasteiger charge is 2.26. The number of piperazine rings is 1. The van der Waals surface area contributed by atoms with E-state index in [4.69, 9.17) is 4.74 Å². The van der Waals surface area contributed by atoms with Crippen LogP contribution in [0.2, 0.25) is 0 Å². The number of hydrogen-bond donors (Lipinski definition) is 0. The van der Waals surface area contributed by atoms with Gasteiger partial charge in [-0.05, 0) is 12.8 Å². The van der Waals surface area contributed by atoms with Gasteiger partial charge in [0.05, 0.1) is 7.11 Å². The molecule has 0 aromatic carbocycles. The van der Waals surface area contributed by atoms with Crippen LogP contribution < -0.4 is 0 Å². The minimum absolute atomic E-state index is 0.175. The first-order valence-corrected chi connectivity index (χ1v) is 6.88. The zero-order valence-electron chi connectivity index (χ0n) is 10.9. The van der Waals surface area contributed by atoms with Crippen molar-refractivity contribution in [1.29, 1.82) is 0 Å². The van der Waals surface area contributed by atoms with Crippen molar-refractivity contribution < 1.29 is 9.53 Å². The van der Waals surface area contributed by atoms with Crippen LogP contribution in [0.25, 0.3) is 0 Å². The third-order valence-electron chi connectivity index (χ3n) is 4.09.